The summed E-state index contributed by atoms with van der Waals surface area (Å²) in [6.07, 6.45) is 0. The number of methoxy groups -OCH3 is 1. The molecule has 18 heavy (non-hydrogen) atoms. The van der Waals surface area contributed by atoms with Crippen molar-refractivity contribution in [1.29, 1.82) is 0 Å². The quantitative estimate of drug-likeness (QED) is 0.612. The van der Waals surface area contributed by atoms with Gasteiger partial charge in [-0.05, 0) is 6.92 Å². The molecular formula is C12H11N3O3. The molecule has 0 aliphatic heterocycles. The molecule has 2 rings (SSSR count). The fourth-order valence-corrected chi connectivity index (χ4v) is 1.65. The summed E-state index contributed by atoms with van der Waals surface area (Å²) in [7, 11) is 1.43. The number of rotatable bonds is 3. The van der Waals surface area contributed by atoms with Crippen LogP contribution in [0, 0.1) is 17.0 Å². The normalized spacial score (nSPS) is 10.1. The smallest absolute Gasteiger partial charge is 0.317 e. The molecule has 0 spiro atoms. The van der Waals surface area contributed by atoms with E-state index in [0.29, 0.717) is 5.56 Å². The Bertz CT molecular complexity index is 585. The van der Waals surface area contributed by atoms with Crippen molar-refractivity contribution in [3.8, 4) is 17.3 Å². The number of ether oxygens (including phenoxy) is 1. The van der Waals surface area contributed by atoms with Crippen LogP contribution in [0.1, 0.15) is 5.69 Å². The summed E-state index contributed by atoms with van der Waals surface area (Å²) in [5.41, 5.74) is 1.12. The van der Waals surface area contributed by atoms with Gasteiger partial charge in [0.2, 0.25) is 0 Å². The van der Waals surface area contributed by atoms with Gasteiger partial charge in [0.05, 0.1) is 12.0 Å². The lowest BCUT2D eigenvalue weighted by atomic mass is 10.1. The van der Waals surface area contributed by atoms with Crippen molar-refractivity contribution in [3.63, 3.8) is 0 Å². The first-order valence-corrected chi connectivity index (χ1v) is 5.26. The van der Waals surface area contributed by atoms with Crippen LogP contribution in [0.4, 0.5) is 5.69 Å². The summed E-state index contributed by atoms with van der Waals surface area (Å²) in [6.45, 7) is 1.56. The topological polar surface area (TPSA) is 78.2 Å². The van der Waals surface area contributed by atoms with Crippen molar-refractivity contribution < 1.29 is 9.66 Å². The van der Waals surface area contributed by atoms with Crippen LogP contribution in [-0.4, -0.2) is 22.0 Å². The number of benzene rings is 1. The van der Waals surface area contributed by atoms with Crippen molar-refractivity contribution >= 4 is 5.69 Å². The lowest BCUT2D eigenvalue weighted by Gasteiger charge is -2.06. The van der Waals surface area contributed by atoms with Crippen LogP contribution in [0.2, 0.25) is 0 Å². The molecular weight excluding hydrogens is 234 g/mol. The van der Waals surface area contributed by atoms with Crippen LogP contribution in [0.15, 0.2) is 30.3 Å². The maximum atomic E-state index is 11.1. The Balaban J connectivity index is 2.71. The number of nitro groups is 1. The highest BCUT2D eigenvalue weighted by molar-refractivity contribution is 5.70. The highest BCUT2D eigenvalue weighted by Gasteiger charge is 2.23. The van der Waals surface area contributed by atoms with E-state index in [1.807, 2.05) is 6.07 Å². The van der Waals surface area contributed by atoms with Gasteiger partial charge >= 0.3 is 11.7 Å². The highest BCUT2D eigenvalue weighted by atomic mass is 16.6. The second-order valence-corrected chi connectivity index (χ2v) is 3.62. The molecule has 1 heterocycles. The van der Waals surface area contributed by atoms with Crippen molar-refractivity contribution in [2.45, 2.75) is 6.92 Å². The number of hydrogen-bond acceptors (Lipinski definition) is 5. The molecule has 0 radical (unpaired) electrons. The Morgan fingerprint density at radius 2 is 1.89 bits per heavy atom. The summed E-state index contributed by atoms with van der Waals surface area (Å²) in [5.74, 6) is 0. The largest absolute Gasteiger partial charge is 0.467 e. The Kier molecular flexibility index (Phi) is 3.18. The number of aromatic nitrogens is 2. The molecule has 92 valence electrons. The summed E-state index contributed by atoms with van der Waals surface area (Å²) in [4.78, 5) is 18.6. The summed E-state index contributed by atoms with van der Waals surface area (Å²) in [5, 5.41) is 11.1. The third kappa shape index (κ3) is 2.13. The van der Waals surface area contributed by atoms with Crippen molar-refractivity contribution in [2.24, 2.45) is 0 Å². The molecule has 0 unspecified atom stereocenters. The Morgan fingerprint density at radius 1 is 1.22 bits per heavy atom. The molecule has 0 saturated heterocycles. The molecule has 0 saturated carbocycles. The molecule has 6 heteroatoms. The van der Waals surface area contributed by atoms with Gasteiger partial charge in [0, 0.05) is 5.56 Å². The molecule has 0 atom stereocenters. The predicted molar refractivity (Wildman–Crippen MR) is 65.4 cm³/mol. The van der Waals surface area contributed by atoms with Crippen LogP contribution >= 0.6 is 0 Å². The maximum absolute atomic E-state index is 11.1. The first-order chi connectivity index (χ1) is 8.63. The predicted octanol–water partition coefficient (Wildman–Crippen LogP) is 2.37. The van der Waals surface area contributed by atoms with Gasteiger partial charge in [0.15, 0.2) is 5.69 Å². The third-order valence-electron chi connectivity index (χ3n) is 2.45. The van der Waals surface area contributed by atoms with Crippen molar-refractivity contribution in [2.75, 3.05) is 7.11 Å². The van der Waals surface area contributed by atoms with Gasteiger partial charge in [-0.25, -0.2) is 0 Å². The van der Waals surface area contributed by atoms with E-state index in [1.165, 1.54) is 7.11 Å². The van der Waals surface area contributed by atoms with Gasteiger partial charge in [-0.2, -0.15) is 9.97 Å². The number of hydrogen-bond donors (Lipinski definition) is 0. The van der Waals surface area contributed by atoms with Crippen LogP contribution in [-0.2, 0) is 0 Å². The lowest BCUT2D eigenvalue weighted by Crippen LogP contribution is -2.03. The number of nitrogens with zero attached hydrogens (tertiary/aromatic N) is 3. The van der Waals surface area contributed by atoms with Crippen LogP contribution < -0.4 is 4.74 Å². The second-order valence-electron chi connectivity index (χ2n) is 3.62. The van der Waals surface area contributed by atoms with Gasteiger partial charge < -0.3 is 4.74 Å². The Morgan fingerprint density at radius 3 is 2.44 bits per heavy atom. The molecule has 0 N–H and O–H groups in total. The molecule has 1 aromatic carbocycles. The fourth-order valence-electron chi connectivity index (χ4n) is 1.65. The fraction of sp³-hybridized carbons (Fsp3) is 0.167. The molecule has 6 nitrogen and oxygen atoms in total. The van der Waals surface area contributed by atoms with E-state index in [0.717, 1.165) is 0 Å². The lowest BCUT2D eigenvalue weighted by molar-refractivity contribution is -0.385. The van der Waals surface area contributed by atoms with Crippen LogP contribution in [0.3, 0.4) is 0 Å². The van der Waals surface area contributed by atoms with Crippen LogP contribution in [0.25, 0.3) is 11.3 Å². The van der Waals surface area contributed by atoms with E-state index >= 15 is 0 Å². The van der Waals surface area contributed by atoms with E-state index in [2.05, 4.69) is 9.97 Å². The zero-order valence-electron chi connectivity index (χ0n) is 9.95. The zero-order valence-corrected chi connectivity index (χ0v) is 9.95. The van der Waals surface area contributed by atoms with E-state index < -0.39 is 4.92 Å². The molecule has 0 fully saturated rings. The Labute approximate surface area is 103 Å². The molecule has 0 aliphatic rings. The maximum Gasteiger partial charge on any atom is 0.317 e. The molecule has 0 amide bonds. The first kappa shape index (κ1) is 12.0. The molecule has 1 aromatic heterocycles. The molecule has 2 aromatic rings. The van der Waals surface area contributed by atoms with Crippen molar-refractivity contribution in [3.05, 3.63) is 46.1 Å². The van der Waals surface area contributed by atoms with E-state index in [4.69, 9.17) is 4.74 Å². The van der Waals surface area contributed by atoms with Crippen LogP contribution in [0.5, 0.6) is 6.01 Å². The third-order valence-corrected chi connectivity index (χ3v) is 2.45. The monoisotopic (exact) mass is 245 g/mol. The second kappa shape index (κ2) is 4.79. The summed E-state index contributed by atoms with van der Waals surface area (Å²) < 4.78 is 4.95. The average Bonchev–Trinajstić information content (AvgIpc) is 2.38. The highest BCUT2D eigenvalue weighted by Crippen LogP contribution is 2.31. The average molecular weight is 245 g/mol. The molecule has 0 bridgehead atoms. The Hall–Kier alpha value is -2.50. The number of aryl methyl sites for hydroxylation is 1. The minimum atomic E-state index is -0.475. The van der Waals surface area contributed by atoms with E-state index in [9.17, 15) is 10.1 Å². The zero-order chi connectivity index (χ0) is 13.1. The minimum absolute atomic E-state index is 0.0954. The SMILES string of the molecule is COc1nc(C)c([N+](=O)[O-])c(-c2ccccc2)n1. The van der Waals surface area contributed by atoms with Gasteiger partial charge in [-0.3, -0.25) is 10.1 Å². The summed E-state index contributed by atoms with van der Waals surface area (Å²) in [6, 6.07) is 9.06. The minimum Gasteiger partial charge on any atom is -0.467 e. The van der Waals surface area contributed by atoms with Gasteiger partial charge in [0.25, 0.3) is 0 Å². The molecule has 0 aliphatic carbocycles. The first-order valence-electron chi connectivity index (χ1n) is 5.26. The van der Waals surface area contributed by atoms with Gasteiger partial charge in [-0.1, -0.05) is 30.3 Å². The standard InChI is InChI=1S/C12H11N3O3/c1-8-11(15(16)17)10(14-12(13-8)18-2)9-6-4-3-5-7-9/h3-7H,1-2H3. The summed E-state index contributed by atoms with van der Waals surface area (Å²) >= 11 is 0. The van der Waals surface area contributed by atoms with E-state index in [-0.39, 0.29) is 23.1 Å². The van der Waals surface area contributed by atoms with Gasteiger partial charge in [0.1, 0.15) is 5.69 Å². The van der Waals surface area contributed by atoms with Gasteiger partial charge in [-0.15, -0.1) is 0 Å². The van der Waals surface area contributed by atoms with E-state index in [1.54, 1.807) is 31.2 Å². The van der Waals surface area contributed by atoms with Crippen molar-refractivity contribution in [1.82, 2.24) is 9.97 Å².